The highest BCUT2D eigenvalue weighted by Crippen LogP contribution is 2.30. The van der Waals surface area contributed by atoms with Crippen LogP contribution in [0.4, 0.5) is 0 Å². The molecule has 102 valence electrons. The molecule has 17 heavy (non-hydrogen) atoms. The minimum Gasteiger partial charge on any atom is -0.377 e. The normalized spacial score (nSPS) is 30.2. The molecule has 0 spiro atoms. The largest absolute Gasteiger partial charge is 0.377 e. The Bertz CT molecular complexity index is 208. The number of hydrogen-bond donors (Lipinski definition) is 1. The molecule has 0 amide bonds. The van der Waals surface area contributed by atoms with E-state index >= 15 is 0 Å². The number of ether oxygens (including phenoxy) is 1. The summed E-state index contributed by atoms with van der Waals surface area (Å²) < 4.78 is 5.63. The molecule has 1 rings (SSSR count). The monoisotopic (exact) mass is 242 g/mol. The summed E-state index contributed by atoms with van der Waals surface area (Å²) in [5, 5.41) is 0. The van der Waals surface area contributed by atoms with Crippen molar-refractivity contribution in [1.82, 2.24) is 4.90 Å². The van der Waals surface area contributed by atoms with E-state index in [1.165, 1.54) is 19.3 Å². The van der Waals surface area contributed by atoms with Gasteiger partial charge >= 0.3 is 0 Å². The van der Waals surface area contributed by atoms with Crippen molar-refractivity contribution < 1.29 is 4.74 Å². The van der Waals surface area contributed by atoms with Gasteiger partial charge in [0.2, 0.25) is 0 Å². The topological polar surface area (TPSA) is 38.5 Å². The average molecular weight is 242 g/mol. The third-order valence-electron chi connectivity index (χ3n) is 3.98. The van der Waals surface area contributed by atoms with Gasteiger partial charge in [-0.25, -0.2) is 0 Å². The average Bonchev–Trinajstić information content (AvgIpc) is 2.28. The minimum absolute atomic E-state index is 0.332. The van der Waals surface area contributed by atoms with Crippen molar-refractivity contribution in [1.29, 1.82) is 0 Å². The highest BCUT2D eigenvalue weighted by molar-refractivity contribution is 4.85. The van der Waals surface area contributed by atoms with Crippen LogP contribution in [0.25, 0.3) is 0 Å². The molecule has 3 nitrogen and oxygen atoms in total. The van der Waals surface area contributed by atoms with Crippen molar-refractivity contribution >= 4 is 0 Å². The predicted octanol–water partition coefficient (Wildman–Crippen LogP) is 2.11. The van der Waals surface area contributed by atoms with E-state index in [2.05, 4.69) is 32.7 Å². The quantitative estimate of drug-likeness (QED) is 0.775. The van der Waals surface area contributed by atoms with E-state index in [-0.39, 0.29) is 0 Å². The molecule has 3 heteroatoms. The second-order valence-electron chi connectivity index (χ2n) is 5.88. The molecule has 1 fully saturated rings. The summed E-state index contributed by atoms with van der Waals surface area (Å²) in [5.41, 5.74) is 5.90. The van der Waals surface area contributed by atoms with Gasteiger partial charge in [0.1, 0.15) is 0 Å². The second-order valence-corrected chi connectivity index (χ2v) is 5.88. The van der Waals surface area contributed by atoms with Crippen LogP contribution in [0.2, 0.25) is 0 Å². The van der Waals surface area contributed by atoms with Crippen molar-refractivity contribution in [2.45, 2.75) is 52.2 Å². The van der Waals surface area contributed by atoms with E-state index in [9.17, 15) is 0 Å². The maximum absolute atomic E-state index is 5.90. The molecule has 0 bridgehead atoms. The Morgan fingerprint density at radius 3 is 2.65 bits per heavy atom. The third-order valence-corrected chi connectivity index (χ3v) is 3.98. The van der Waals surface area contributed by atoms with Crippen molar-refractivity contribution in [3.8, 4) is 0 Å². The van der Waals surface area contributed by atoms with Gasteiger partial charge in [0.25, 0.3) is 0 Å². The molecule has 0 aromatic carbocycles. The van der Waals surface area contributed by atoms with Gasteiger partial charge in [-0.2, -0.15) is 0 Å². The lowest BCUT2D eigenvalue weighted by atomic mass is 9.78. The minimum atomic E-state index is 0.332. The van der Waals surface area contributed by atoms with Gasteiger partial charge in [-0.15, -0.1) is 0 Å². The summed E-state index contributed by atoms with van der Waals surface area (Å²) >= 11 is 0. The number of likely N-dealkylation sites (N-methyl/N-ethyl adjacent to an activating group) is 1. The van der Waals surface area contributed by atoms with Crippen LogP contribution in [-0.4, -0.2) is 43.8 Å². The van der Waals surface area contributed by atoms with Crippen LogP contribution in [0.3, 0.4) is 0 Å². The first-order valence-corrected chi connectivity index (χ1v) is 7.06. The summed E-state index contributed by atoms with van der Waals surface area (Å²) in [6.45, 7) is 9.21. The fraction of sp³-hybridized carbons (Fsp3) is 1.00. The Morgan fingerprint density at radius 1 is 1.35 bits per heavy atom. The van der Waals surface area contributed by atoms with E-state index in [0.717, 1.165) is 25.6 Å². The van der Waals surface area contributed by atoms with Gasteiger partial charge in [-0.3, -0.25) is 0 Å². The van der Waals surface area contributed by atoms with E-state index in [4.69, 9.17) is 10.5 Å². The van der Waals surface area contributed by atoms with E-state index in [1.54, 1.807) is 0 Å². The van der Waals surface area contributed by atoms with Crippen molar-refractivity contribution in [2.24, 2.45) is 17.6 Å². The smallest absolute Gasteiger partial charge is 0.0596 e. The van der Waals surface area contributed by atoms with Crippen molar-refractivity contribution in [3.63, 3.8) is 0 Å². The molecule has 0 aromatic rings. The molecule has 1 aliphatic carbocycles. The highest BCUT2D eigenvalue weighted by Gasteiger charge is 2.30. The number of nitrogens with zero attached hydrogens (tertiary/aromatic N) is 1. The number of nitrogens with two attached hydrogens (primary N) is 1. The van der Waals surface area contributed by atoms with Crippen LogP contribution in [0.5, 0.6) is 0 Å². The van der Waals surface area contributed by atoms with Crippen molar-refractivity contribution in [3.05, 3.63) is 0 Å². The summed E-state index contributed by atoms with van der Waals surface area (Å²) in [4.78, 5) is 2.45. The summed E-state index contributed by atoms with van der Waals surface area (Å²) in [7, 11) is 2.22. The Balaban J connectivity index is 2.38. The maximum Gasteiger partial charge on any atom is 0.0596 e. The second kappa shape index (κ2) is 7.34. The van der Waals surface area contributed by atoms with E-state index in [0.29, 0.717) is 18.1 Å². The Kier molecular flexibility index (Phi) is 6.45. The van der Waals surface area contributed by atoms with Gasteiger partial charge < -0.3 is 15.4 Å². The SMILES string of the molecule is CC1CCC(CN)C(N(C)CCOC(C)C)C1. The lowest BCUT2D eigenvalue weighted by Gasteiger charge is -2.40. The molecule has 3 unspecified atom stereocenters. The molecule has 1 saturated carbocycles. The Morgan fingerprint density at radius 2 is 2.06 bits per heavy atom. The molecule has 2 N–H and O–H groups in total. The van der Waals surface area contributed by atoms with Crippen LogP contribution in [0.1, 0.15) is 40.0 Å². The molecule has 0 aliphatic heterocycles. The molecule has 1 aliphatic rings. The molecule has 0 saturated heterocycles. The van der Waals surface area contributed by atoms with Crippen LogP contribution < -0.4 is 5.73 Å². The third kappa shape index (κ3) is 4.94. The molecular weight excluding hydrogens is 212 g/mol. The standard InChI is InChI=1S/C14H30N2O/c1-11(2)17-8-7-16(4)14-9-12(3)5-6-13(14)10-15/h11-14H,5-10,15H2,1-4H3. The van der Waals surface area contributed by atoms with Crippen LogP contribution in [0, 0.1) is 11.8 Å². The molecule has 0 heterocycles. The van der Waals surface area contributed by atoms with Gasteiger partial charge in [-0.05, 0) is 52.1 Å². The van der Waals surface area contributed by atoms with Gasteiger partial charge in [0.05, 0.1) is 12.7 Å². The van der Waals surface area contributed by atoms with Crippen LogP contribution in [0.15, 0.2) is 0 Å². The zero-order valence-electron chi connectivity index (χ0n) is 12.0. The number of hydrogen-bond acceptors (Lipinski definition) is 3. The summed E-state index contributed by atoms with van der Waals surface area (Å²) in [6, 6.07) is 0.652. The van der Waals surface area contributed by atoms with Crippen LogP contribution >= 0.6 is 0 Å². The fourth-order valence-corrected chi connectivity index (χ4v) is 2.83. The first kappa shape index (κ1) is 14.9. The van der Waals surface area contributed by atoms with Gasteiger partial charge in [0, 0.05) is 12.6 Å². The lowest BCUT2D eigenvalue weighted by Crippen LogP contribution is -2.46. The maximum atomic E-state index is 5.90. The predicted molar refractivity (Wildman–Crippen MR) is 73.1 cm³/mol. The van der Waals surface area contributed by atoms with Crippen LogP contribution in [-0.2, 0) is 4.74 Å². The van der Waals surface area contributed by atoms with Gasteiger partial charge in [0.15, 0.2) is 0 Å². The zero-order valence-corrected chi connectivity index (χ0v) is 12.0. The van der Waals surface area contributed by atoms with E-state index in [1.807, 2.05) is 0 Å². The molecule has 0 radical (unpaired) electrons. The first-order valence-electron chi connectivity index (χ1n) is 7.06. The Labute approximate surface area is 107 Å². The zero-order chi connectivity index (χ0) is 12.8. The van der Waals surface area contributed by atoms with Crippen molar-refractivity contribution in [2.75, 3.05) is 26.7 Å². The number of rotatable bonds is 6. The van der Waals surface area contributed by atoms with E-state index < -0.39 is 0 Å². The summed E-state index contributed by atoms with van der Waals surface area (Å²) in [6.07, 6.45) is 4.26. The Hall–Kier alpha value is -0.120. The molecular formula is C14H30N2O. The summed E-state index contributed by atoms with van der Waals surface area (Å²) in [5.74, 6) is 1.52. The van der Waals surface area contributed by atoms with Gasteiger partial charge in [-0.1, -0.05) is 13.3 Å². The lowest BCUT2D eigenvalue weighted by molar-refractivity contribution is 0.0367. The highest BCUT2D eigenvalue weighted by atomic mass is 16.5. The first-order chi connectivity index (χ1) is 8.04. The molecule has 3 atom stereocenters. The molecule has 0 aromatic heterocycles. The fourth-order valence-electron chi connectivity index (χ4n) is 2.83.